The summed E-state index contributed by atoms with van der Waals surface area (Å²) < 4.78 is 0. The Kier molecular flexibility index (Phi) is 5.90. The van der Waals surface area contributed by atoms with E-state index in [1.54, 1.807) is 30.3 Å². The average Bonchev–Trinajstić information content (AvgIpc) is 2.61. The highest BCUT2D eigenvalue weighted by atomic mass is 16.2. The Morgan fingerprint density at radius 2 is 1.58 bits per heavy atom. The van der Waals surface area contributed by atoms with Gasteiger partial charge in [0.1, 0.15) is 5.70 Å². The lowest BCUT2D eigenvalue weighted by molar-refractivity contribution is -0.117. The van der Waals surface area contributed by atoms with Crippen molar-refractivity contribution in [3.63, 3.8) is 0 Å². The number of benzene rings is 2. The van der Waals surface area contributed by atoms with Crippen molar-refractivity contribution in [1.29, 1.82) is 0 Å². The van der Waals surface area contributed by atoms with Gasteiger partial charge in [-0.1, -0.05) is 56.3 Å². The van der Waals surface area contributed by atoms with E-state index in [4.69, 9.17) is 0 Å². The lowest BCUT2D eigenvalue weighted by Gasteiger charge is -2.10. The summed E-state index contributed by atoms with van der Waals surface area (Å²) in [7, 11) is 1.53. The minimum absolute atomic E-state index is 0.212. The van der Waals surface area contributed by atoms with Gasteiger partial charge >= 0.3 is 0 Å². The van der Waals surface area contributed by atoms with Crippen LogP contribution in [-0.2, 0) is 4.79 Å². The molecule has 2 N–H and O–H groups in total. The first-order valence-corrected chi connectivity index (χ1v) is 7.91. The Morgan fingerprint density at radius 3 is 2.12 bits per heavy atom. The lowest BCUT2D eigenvalue weighted by Crippen LogP contribution is -2.33. The zero-order valence-electron chi connectivity index (χ0n) is 14.2. The molecule has 2 aromatic carbocycles. The number of hydrogen-bond acceptors (Lipinski definition) is 2. The number of likely N-dealkylation sites (N-methyl/N-ethyl adjacent to an activating group) is 1. The number of rotatable bonds is 5. The van der Waals surface area contributed by atoms with Crippen molar-refractivity contribution in [2.45, 2.75) is 19.8 Å². The monoisotopic (exact) mass is 322 g/mol. The molecular formula is C20H22N2O2. The van der Waals surface area contributed by atoms with E-state index in [-0.39, 0.29) is 17.5 Å². The minimum atomic E-state index is -0.341. The Morgan fingerprint density at radius 1 is 0.958 bits per heavy atom. The molecule has 4 nitrogen and oxygen atoms in total. The molecule has 2 amide bonds. The molecule has 24 heavy (non-hydrogen) atoms. The van der Waals surface area contributed by atoms with Crippen molar-refractivity contribution in [3.8, 4) is 0 Å². The topological polar surface area (TPSA) is 58.2 Å². The van der Waals surface area contributed by atoms with Crippen molar-refractivity contribution in [2.75, 3.05) is 7.05 Å². The summed E-state index contributed by atoms with van der Waals surface area (Å²) in [4.78, 5) is 24.3. The van der Waals surface area contributed by atoms with Crippen molar-refractivity contribution in [2.24, 2.45) is 0 Å². The average molecular weight is 322 g/mol. The fourth-order valence-corrected chi connectivity index (χ4v) is 2.22. The van der Waals surface area contributed by atoms with E-state index in [1.807, 2.05) is 30.3 Å². The Bertz CT molecular complexity index is 732. The summed E-state index contributed by atoms with van der Waals surface area (Å²) in [6, 6.07) is 16.7. The van der Waals surface area contributed by atoms with E-state index < -0.39 is 0 Å². The number of carbonyl (C=O) groups is 2. The van der Waals surface area contributed by atoms with Gasteiger partial charge in [0.2, 0.25) is 0 Å². The molecule has 4 heteroatoms. The molecule has 0 radical (unpaired) electrons. The second kappa shape index (κ2) is 8.11. The molecule has 0 aliphatic heterocycles. The van der Waals surface area contributed by atoms with Crippen LogP contribution in [-0.4, -0.2) is 18.9 Å². The Labute approximate surface area is 142 Å². The first-order valence-electron chi connectivity index (χ1n) is 7.91. The van der Waals surface area contributed by atoms with Crippen LogP contribution in [0.1, 0.15) is 41.3 Å². The largest absolute Gasteiger partial charge is 0.354 e. The number of amides is 2. The number of hydrogen-bond donors (Lipinski definition) is 2. The third-order valence-corrected chi connectivity index (χ3v) is 3.67. The zero-order chi connectivity index (χ0) is 17.5. The van der Waals surface area contributed by atoms with Crippen molar-refractivity contribution >= 4 is 17.9 Å². The van der Waals surface area contributed by atoms with E-state index in [9.17, 15) is 9.59 Å². The summed E-state index contributed by atoms with van der Waals surface area (Å²) in [6.45, 7) is 4.25. The standard InChI is InChI=1S/C20H22N2O2/c1-14(2)16-11-9-15(10-12-16)13-18(20(24)21-3)22-19(23)17-7-5-4-6-8-17/h4-14H,1-3H3,(H,21,24)(H,22,23). The van der Waals surface area contributed by atoms with Crippen LogP contribution in [0.2, 0.25) is 0 Å². The highest BCUT2D eigenvalue weighted by molar-refractivity contribution is 6.05. The van der Waals surface area contributed by atoms with E-state index in [1.165, 1.54) is 12.6 Å². The highest BCUT2D eigenvalue weighted by Gasteiger charge is 2.13. The van der Waals surface area contributed by atoms with E-state index >= 15 is 0 Å². The quantitative estimate of drug-likeness (QED) is 0.830. The summed E-state index contributed by atoms with van der Waals surface area (Å²) in [5.41, 5.74) is 2.79. The van der Waals surface area contributed by atoms with Gasteiger partial charge in [-0.3, -0.25) is 9.59 Å². The molecule has 0 aromatic heterocycles. The third-order valence-electron chi connectivity index (χ3n) is 3.67. The van der Waals surface area contributed by atoms with Gasteiger partial charge in [0.05, 0.1) is 0 Å². The molecule has 0 aliphatic carbocycles. The number of nitrogens with one attached hydrogen (secondary N) is 2. The SMILES string of the molecule is CNC(=O)C(=Cc1ccc(C(C)C)cc1)NC(=O)c1ccccc1. The first kappa shape index (κ1) is 17.5. The van der Waals surface area contributed by atoms with E-state index in [0.29, 0.717) is 11.5 Å². The van der Waals surface area contributed by atoms with Crippen LogP contribution in [0.3, 0.4) is 0 Å². The smallest absolute Gasteiger partial charge is 0.267 e. The fraction of sp³-hybridized carbons (Fsp3) is 0.200. The molecule has 0 saturated carbocycles. The molecule has 0 unspecified atom stereocenters. The van der Waals surface area contributed by atoms with Crippen LogP contribution in [0, 0.1) is 0 Å². The van der Waals surface area contributed by atoms with Gasteiger partial charge in [-0.25, -0.2) is 0 Å². The molecule has 0 aliphatic rings. The van der Waals surface area contributed by atoms with Crippen LogP contribution in [0.25, 0.3) is 6.08 Å². The predicted molar refractivity (Wildman–Crippen MR) is 96.5 cm³/mol. The molecule has 124 valence electrons. The highest BCUT2D eigenvalue weighted by Crippen LogP contribution is 2.16. The van der Waals surface area contributed by atoms with Crippen LogP contribution >= 0.6 is 0 Å². The maximum absolute atomic E-state index is 12.3. The maximum Gasteiger partial charge on any atom is 0.267 e. The molecule has 0 saturated heterocycles. The molecule has 0 bridgehead atoms. The molecule has 2 rings (SSSR count). The van der Waals surface area contributed by atoms with Crippen LogP contribution < -0.4 is 10.6 Å². The first-order chi connectivity index (χ1) is 11.5. The van der Waals surface area contributed by atoms with Crippen LogP contribution in [0.4, 0.5) is 0 Å². The molecule has 0 fully saturated rings. The van der Waals surface area contributed by atoms with Crippen molar-refractivity contribution < 1.29 is 9.59 Å². The van der Waals surface area contributed by atoms with Gasteiger partial charge < -0.3 is 10.6 Å². The van der Waals surface area contributed by atoms with Gasteiger partial charge in [-0.2, -0.15) is 0 Å². The molecule has 2 aromatic rings. The van der Waals surface area contributed by atoms with Crippen molar-refractivity contribution in [3.05, 3.63) is 77.0 Å². The van der Waals surface area contributed by atoms with Gasteiger partial charge in [-0.15, -0.1) is 0 Å². The van der Waals surface area contributed by atoms with Gasteiger partial charge in [0.25, 0.3) is 11.8 Å². The molecule has 0 heterocycles. The Hall–Kier alpha value is -2.88. The normalized spacial score (nSPS) is 11.2. The fourth-order valence-electron chi connectivity index (χ4n) is 2.22. The number of carbonyl (C=O) groups excluding carboxylic acids is 2. The second-order valence-corrected chi connectivity index (χ2v) is 5.78. The lowest BCUT2D eigenvalue weighted by atomic mass is 10.0. The second-order valence-electron chi connectivity index (χ2n) is 5.78. The summed E-state index contributed by atoms with van der Waals surface area (Å²) >= 11 is 0. The van der Waals surface area contributed by atoms with Crippen molar-refractivity contribution in [1.82, 2.24) is 10.6 Å². The maximum atomic E-state index is 12.3. The minimum Gasteiger partial charge on any atom is -0.354 e. The van der Waals surface area contributed by atoms with E-state index in [0.717, 1.165) is 5.56 Å². The van der Waals surface area contributed by atoms with Crippen LogP contribution in [0.15, 0.2) is 60.3 Å². The molecular weight excluding hydrogens is 300 g/mol. The molecule has 0 spiro atoms. The van der Waals surface area contributed by atoms with Gasteiger partial charge in [0, 0.05) is 12.6 Å². The zero-order valence-corrected chi connectivity index (χ0v) is 14.2. The predicted octanol–water partition coefficient (Wildman–Crippen LogP) is 3.33. The summed E-state index contributed by atoms with van der Waals surface area (Å²) in [5, 5.41) is 5.23. The Balaban J connectivity index is 2.24. The van der Waals surface area contributed by atoms with Crippen LogP contribution in [0.5, 0.6) is 0 Å². The van der Waals surface area contributed by atoms with Gasteiger partial charge in [-0.05, 0) is 35.3 Å². The third kappa shape index (κ3) is 4.56. The summed E-state index contributed by atoms with van der Waals surface area (Å²) in [5.74, 6) is -0.212. The van der Waals surface area contributed by atoms with Gasteiger partial charge in [0.15, 0.2) is 0 Å². The summed E-state index contributed by atoms with van der Waals surface area (Å²) in [6.07, 6.45) is 1.67. The molecule has 0 atom stereocenters. The van der Waals surface area contributed by atoms with E-state index in [2.05, 4.69) is 24.5 Å².